The number of nitrogens with zero attached hydrogens (tertiary/aromatic N) is 2. The average Bonchev–Trinajstić information content (AvgIpc) is 2.99. The number of hydrogen-bond acceptors (Lipinski definition) is 3. The van der Waals surface area contributed by atoms with Crippen LogP contribution in [-0.2, 0) is 16.0 Å². The first-order chi connectivity index (χ1) is 11.6. The molecule has 0 saturated carbocycles. The van der Waals surface area contributed by atoms with Gasteiger partial charge in [-0.05, 0) is 56.2 Å². The summed E-state index contributed by atoms with van der Waals surface area (Å²) in [5, 5.41) is 9.36. The van der Waals surface area contributed by atoms with Gasteiger partial charge in [0, 0.05) is 25.6 Å². The predicted molar refractivity (Wildman–Crippen MR) is 91.6 cm³/mol. The summed E-state index contributed by atoms with van der Waals surface area (Å²) in [7, 11) is 0. The molecule has 2 aliphatic rings. The summed E-state index contributed by atoms with van der Waals surface area (Å²) in [5.74, 6) is 0.491. The van der Waals surface area contributed by atoms with Crippen molar-refractivity contribution < 1.29 is 14.7 Å². The molecule has 5 nitrogen and oxygen atoms in total. The number of benzene rings is 1. The maximum Gasteiger partial charge on any atom is 0.242 e. The van der Waals surface area contributed by atoms with Crippen LogP contribution in [0.3, 0.4) is 0 Å². The Labute approximate surface area is 143 Å². The lowest BCUT2D eigenvalue weighted by Crippen LogP contribution is -2.48. The number of aromatic hydroxyl groups is 1. The first-order valence-electron chi connectivity index (χ1n) is 8.98. The number of likely N-dealkylation sites (tertiary alicyclic amines) is 2. The summed E-state index contributed by atoms with van der Waals surface area (Å²) in [6.07, 6.45) is 6.54. The minimum absolute atomic E-state index is 0.0978. The van der Waals surface area contributed by atoms with Crippen LogP contribution in [0.25, 0.3) is 0 Å². The minimum Gasteiger partial charge on any atom is -0.508 e. The summed E-state index contributed by atoms with van der Waals surface area (Å²) in [6, 6.07) is 7.55. The van der Waals surface area contributed by atoms with Crippen molar-refractivity contribution in [1.29, 1.82) is 0 Å². The third-order valence-electron chi connectivity index (χ3n) is 5.15. The van der Waals surface area contributed by atoms with E-state index in [1.807, 2.05) is 17.0 Å². The second-order valence-corrected chi connectivity index (χ2v) is 6.86. The van der Waals surface area contributed by atoms with Gasteiger partial charge >= 0.3 is 0 Å². The van der Waals surface area contributed by atoms with E-state index in [4.69, 9.17) is 0 Å². The van der Waals surface area contributed by atoms with E-state index in [-0.39, 0.29) is 30.2 Å². The number of carbonyl (C=O) groups excluding carboxylic acids is 2. The second-order valence-electron chi connectivity index (χ2n) is 6.86. The number of amides is 2. The molecule has 2 aliphatic heterocycles. The van der Waals surface area contributed by atoms with E-state index in [0.717, 1.165) is 51.6 Å². The Bertz CT molecular complexity index is 585. The standard InChI is InChI=1S/C19H26N2O3/c22-17-10-7-15(8-11-17)6-9-16-4-1-2-13-21(16)19(24)14-20-12-3-5-18(20)23/h7-8,10-11,16,22H,1-6,9,12-14H2/t16-/m1/s1. The van der Waals surface area contributed by atoms with E-state index in [2.05, 4.69) is 0 Å². The molecule has 0 unspecified atom stereocenters. The molecular formula is C19H26N2O3. The van der Waals surface area contributed by atoms with Crippen molar-refractivity contribution in [3.63, 3.8) is 0 Å². The van der Waals surface area contributed by atoms with Crippen LogP contribution in [0.2, 0.25) is 0 Å². The average molecular weight is 330 g/mol. The zero-order valence-electron chi connectivity index (χ0n) is 14.1. The van der Waals surface area contributed by atoms with Gasteiger partial charge in [0.1, 0.15) is 5.75 Å². The molecule has 130 valence electrons. The van der Waals surface area contributed by atoms with Gasteiger partial charge in [0.15, 0.2) is 0 Å². The molecule has 1 aromatic carbocycles. The van der Waals surface area contributed by atoms with Crippen LogP contribution >= 0.6 is 0 Å². The molecule has 2 heterocycles. The molecule has 2 fully saturated rings. The van der Waals surface area contributed by atoms with Crippen LogP contribution in [0.15, 0.2) is 24.3 Å². The largest absolute Gasteiger partial charge is 0.508 e. The summed E-state index contributed by atoms with van der Waals surface area (Å²) in [5.41, 5.74) is 1.18. The Morgan fingerprint density at radius 1 is 1.12 bits per heavy atom. The normalized spacial score (nSPS) is 21.3. The third kappa shape index (κ3) is 4.08. The highest BCUT2D eigenvalue weighted by Crippen LogP contribution is 2.23. The van der Waals surface area contributed by atoms with Crippen molar-refractivity contribution in [2.75, 3.05) is 19.6 Å². The van der Waals surface area contributed by atoms with Gasteiger partial charge in [0.2, 0.25) is 11.8 Å². The van der Waals surface area contributed by atoms with E-state index in [0.29, 0.717) is 6.42 Å². The molecule has 2 saturated heterocycles. The maximum absolute atomic E-state index is 12.7. The zero-order chi connectivity index (χ0) is 16.9. The summed E-state index contributed by atoms with van der Waals surface area (Å²) < 4.78 is 0. The fraction of sp³-hybridized carbons (Fsp3) is 0.579. The van der Waals surface area contributed by atoms with Gasteiger partial charge in [-0.3, -0.25) is 9.59 Å². The van der Waals surface area contributed by atoms with E-state index in [1.165, 1.54) is 5.56 Å². The van der Waals surface area contributed by atoms with Crippen molar-refractivity contribution in [3.05, 3.63) is 29.8 Å². The number of piperidine rings is 1. The highest BCUT2D eigenvalue weighted by atomic mass is 16.3. The highest BCUT2D eigenvalue weighted by Gasteiger charge is 2.30. The van der Waals surface area contributed by atoms with Crippen molar-refractivity contribution in [2.45, 2.75) is 51.0 Å². The quantitative estimate of drug-likeness (QED) is 0.901. The molecule has 1 atom stereocenters. The smallest absolute Gasteiger partial charge is 0.242 e. The number of rotatable bonds is 5. The number of carbonyl (C=O) groups is 2. The van der Waals surface area contributed by atoms with Crippen molar-refractivity contribution >= 4 is 11.8 Å². The molecule has 0 radical (unpaired) electrons. The Hall–Kier alpha value is -2.04. The Morgan fingerprint density at radius 3 is 2.62 bits per heavy atom. The molecule has 0 aromatic heterocycles. The summed E-state index contributed by atoms with van der Waals surface area (Å²) in [4.78, 5) is 28.1. The first-order valence-corrected chi connectivity index (χ1v) is 8.98. The van der Waals surface area contributed by atoms with E-state index in [1.54, 1.807) is 17.0 Å². The molecule has 2 amide bonds. The molecule has 0 bridgehead atoms. The number of hydrogen-bond donors (Lipinski definition) is 1. The third-order valence-corrected chi connectivity index (χ3v) is 5.15. The van der Waals surface area contributed by atoms with Crippen LogP contribution in [-0.4, -0.2) is 52.4 Å². The summed E-state index contributed by atoms with van der Waals surface area (Å²) >= 11 is 0. The molecular weight excluding hydrogens is 304 g/mol. The molecule has 1 N–H and O–H groups in total. The molecule has 0 aliphatic carbocycles. The fourth-order valence-electron chi connectivity index (χ4n) is 3.75. The van der Waals surface area contributed by atoms with Crippen LogP contribution in [0.1, 0.15) is 44.1 Å². The lowest BCUT2D eigenvalue weighted by molar-refractivity contribution is -0.141. The molecule has 1 aromatic rings. The Balaban J connectivity index is 1.57. The fourth-order valence-corrected chi connectivity index (χ4v) is 3.75. The number of aryl methyl sites for hydroxylation is 1. The molecule has 24 heavy (non-hydrogen) atoms. The van der Waals surface area contributed by atoms with E-state index >= 15 is 0 Å². The zero-order valence-corrected chi connectivity index (χ0v) is 14.1. The summed E-state index contributed by atoms with van der Waals surface area (Å²) in [6.45, 7) is 1.77. The number of phenols is 1. The predicted octanol–water partition coefficient (Wildman–Crippen LogP) is 2.33. The van der Waals surface area contributed by atoms with Crippen LogP contribution in [0.5, 0.6) is 5.75 Å². The Kier molecular flexibility index (Phi) is 5.38. The Morgan fingerprint density at radius 2 is 1.92 bits per heavy atom. The van der Waals surface area contributed by atoms with Crippen molar-refractivity contribution in [3.8, 4) is 5.75 Å². The maximum atomic E-state index is 12.7. The van der Waals surface area contributed by atoms with Crippen LogP contribution in [0, 0.1) is 0 Å². The highest BCUT2D eigenvalue weighted by molar-refractivity contribution is 5.86. The van der Waals surface area contributed by atoms with Gasteiger partial charge in [0.05, 0.1) is 6.54 Å². The lowest BCUT2D eigenvalue weighted by atomic mass is 9.95. The monoisotopic (exact) mass is 330 g/mol. The van der Waals surface area contributed by atoms with Gasteiger partial charge in [-0.1, -0.05) is 12.1 Å². The lowest BCUT2D eigenvalue weighted by Gasteiger charge is -2.37. The topological polar surface area (TPSA) is 60.9 Å². The van der Waals surface area contributed by atoms with Gasteiger partial charge in [0.25, 0.3) is 0 Å². The SMILES string of the molecule is O=C1CCCN1CC(=O)N1CCCC[C@@H]1CCc1ccc(O)cc1. The first kappa shape index (κ1) is 16.8. The molecule has 0 spiro atoms. The minimum atomic E-state index is 0.0978. The molecule has 5 heteroatoms. The number of phenolic OH excluding ortho intramolecular Hbond substituents is 1. The second kappa shape index (κ2) is 7.69. The van der Waals surface area contributed by atoms with Gasteiger partial charge < -0.3 is 14.9 Å². The van der Waals surface area contributed by atoms with Gasteiger partial charge in [-0.25, -0.2) is 0 Å². The van der Waals surface area contributed by atoms with Crippen LogP contribution in [0.4, 0.5) is 0 Å². The van der Waals surface area contributed by atoms with Crippen molar-refractivity contribution in [2.24, 2.45) is 0 Å². The van der Waals surface area contributed by atoms with Crippen molar-refractivity contribution in [1.82, 2.24) is 9.80 Å². The van der Waals surface area contributed by atoms with E-state index < -0.39 is 0 Å². The molecule has 3 rings (SSSR count). The van der Waals surface area contributed by atoms with Gasteiger partial charge in [-0.2, -0.15) is 0 Å². The van der Waals surface area contributed by atoms with Crippen LogP contribution < -0.4 is 0 Å². The van der Waals surface area contributed by atoms with Gasteiger partial charge in [-0.15, -0.1) is 0 Å². The van der Waals surface area contributed by atoms with E-state index in [9.17, 15) is 14.7 Å².